The number of aliphatic hydroxyl groups is 2. The van der Waals surface area contributed by atoms with Crippen LogP contribution in [0.4, 0.5) is 5.82 Å². The van der Waals surface area contributed by atoms with Crippen LogP contribution in [-0.4, -0.2) is 76.6 Å². The molecule has 2 heterocycles. The van der Waals surface area contributed by atoms with Crippen molar-refractivity contribution in [2.75, 3.05) is 32.2 Å². The van der Waals surface area contributed by atoms with Gasteiger partial charge in [0.25, 0.3) is 15.6 Å². The van der Waals surface area contributed by atoms with Gasteiger partial charge in [-0.25, -0.2) is 9.11 Å². The number of anilines is 1. The molecule has 2 rings (SSSR count). The van der Waals surface area contributed by atoms with E-state index in [1.54, 1.807) is 0 Å². The Morgan fingerprint density at radius 3 is 1.75 bits per heavy atom. The van der Waals surface area contributed by atoms with E-state index in [0.717, 1.165) is 62.1 Å². The van der Waals surface area contributed by atoms with Gasteiger partial charge in [0.1, 0.15) is 30.2 Å². The molecule has 7 atom stereocenters. The van der Waals surface area contributed by atoms with Gasteiger partial charge in [0.2, 0.25) is 0 Å². The Hall–Kier alpha value is 0.250. The topological polar surface area (TPSA) is 254 Å². The molecule has 1 aliphatic heterocycles. The number of aliphatic hydroxyl groups excluding tert-OH is 2. The molecule has 344 valence electrons. The van der Waals surface area contributed by atoms with Gasteiger partial charge in [0, 0.05) is 19.2 Å². The van der Waals surface area contributed by atoms with Crippen LogP contribution < -0.4 is 80.3 Å². The quantitative estimate of drug-likeness (QED) is 0.0361. The van der Waals surface area contributed by atoms with Crippen LogP contribution in [0.5, 0.6) is 0 Å². The first-order chi connectivity index (χ1) is 28.3. The number of carbonyl (C=O) groups is 1. The standard InChI is InChI=1S/C40H75N3O14P2.2Na/c1-3-5-7-9-11-13-15-17-19-21-23-25-29-52-30-33(55-36(44)26-24-22-20-18-16-14-12-10-8-6-4-2)31-53-58(48,49)57-59(50,51)54-32-34-37(45)38(46)39(56-34)43-28-27-35(41)42-40(43)47;;/h27-28,33-34,37-39,45-46H,3-26,29-32H2,1-2H3,(H,48,49)(H,50,51)(H2,41,42,47);;/q;2*+1/p-2/t33?,34-,37-,38+,39?;;/m1../s1. The van der Waals surface area contributed by atoms with Gasteiger partial charge in [0.15, 0.2) is 6.23 Å². The second-order valence-electron chi connectivity index (χ2n) is 15.5. The van der Waals surface area contributed by atoms with Crippen molar-refractivity contribution in [3.63, 3.8) is 0 Å². The average Bonchev–Trinajstić information content (AvgIpc) is 3.46. The normalized spacial score (nSPS) is 20.0. The first kappa shape index (κ1) is 61.2. The van der Waals surface area contributed by atoms with Crippen LogP contribution in [0.15, 0.2) is 17.1 Å². The molecule has 0 saturated carbocycles. The van der Waals surface area contributed by atoms with Crippen molar-refractivity contribution >= 4 is 27.4 Å². The number of unbranched alkanes of at least 4 members (excludes halogenated alkanes) is 21. The van der Waals surface area contributed by atoms with Crippen molar-refractivity contribution in [3.05, 3.63) is 22.7 Å². The number of phosphoric acid groups is 2. The molecule has 0 amide bonds. The van der Waals surface area contributed by atoms with Crippen molar-refractivity contribution in [2.45, 2.75) is 199 Å². The van der Waals surface area contributed by atoms with E-state index >= 15 is 0 Å². The molecular weight excluding hydrogens is 854 g/mol. The molecule has 0 radical (unpaired) electrons. The summed E-state index contributed by atoms with van der Waals surface area (Å²) in [5.41, 5.74) is 4.57. The summed E-state index contributed by atoms with van der Waals surface area (Å²) in [7, 11) is -11.3. The van der Waals surface area contributed by atoms with Gasteiger partial charge in [0.05, 0.1) is 19.8 Å². The van der Waals surface area contributed by atoms with Gasteiger partial charge in [-0.1, -0.05) is 149 Å². The Bertz CT molecular complexity index is 1430. The zero-order chi connectivity index (χ0) is 43.4. The Morgan fingerprint density at radius 1 is 0.770 bits per heavy atom. The number of esters is 1. The summed E-state index contributed by atoms with van der Waals surface area (Å²) < 4.78 is 56.2. The van der Waals surface area contributed by atoms with Crippen LogP contribution in [0.3, 0.4) is 0 Å². The van der Waals surface area contributed by atoms with E-state index in [-0.39, 0.29) is 78.0 Å². The van der Waals surface area contributed by atoms with E-state index in [4.69, 9.17) is 24.5 Å². The van der Waals surface area contributed by atoms with E-state index in [1.807, 2.05) is 0 Å². The molecule has 4 N–H and O–H groups in total. The van der Waals surface area contributed by atoms with Gasteiger partial charge in [-0.05, 0) is 18.9 Å². The smallest absolute Gasteiger partial charge is 0.756 e. The fraction of sp³-hybridized carbons (Fsp3) is 0.875. The number of rotatable bonds is 37. The van der Waals surface area contributed by atoms with E-state index < -0.39 is 71.2 Å². The molecule has 1 aliphatic rings. The largest absolute Gasteiger partial charge is 1.00 e. The monoisotopic (exact) mass is 927 g/mol. The predicted molar refractivity (Wildman–Crippen MR) is 220 cm³/mol. The number of nitrogens with two attached hydrogens (primary N) is 1. The van der Waals surface area contributed by atoms with Crippen molar-refractivity contribution in [1.29, 1.82) is 0 Å². The summed E-state index contributed by atoms with van der Waals surface area (Å²) in [5.74, 6) is -0.658. The summed E-state index contributed by atoms with van der Waals surface area (Å²) in [5, 5.41) is 20.8. The molecule has 1 saturated heterocycles. The van der Waals surface area contributed by atoms with Crippen molar-refractivity contribution in [2.24, 2.45) is 0 Å². The summed E-state index contributed by atoms with van der Waals surface area (Å²) in [6.45, 7) is 2.84. The number of aromatic nitrogens is 2. The van der Waals surface area contributed by atoms with E-state index in [0.29, 0.717) is 13.0 Å². The zero-order valence-electron chi connectivity index (χ0n) is 37.5. The number of nitrogens with zero attached hydrogens (tertiary/aromatic N) is 2. The second kappa shape index (κ2) is 36.4. The van der Waals surface area contributed by atoms with Crippen LogP contribution in [0.1, 0.15) is 174 Å². The van der Waals surface area contributed by atoms with Gasteiger partial charge in [-0.15, -0.1) is 0 Å². The van der Waals surface area contributed by atoms with Crippen molar-refractivity contribution in [3.8, 4) is 0 Å². The van der Waals surface area contributed by atoms with Gasteiger partial charge < -0.3 is 49.0 Å². The number of carbonyl (C=O) groups excluding carboxylic acids is 1. The first-order valence-electron chi connectivity index (χ1n) is 22.0. The van der Waals surface area contributed by atoms with Gasteiger partial charge in [-0.3, -0.25) is 18.5 Å². The fourth-order valence-electron chi connectivity index (χ4n) is 6.78. The Balaban J connectivity index is 0.0000180. The van der Waals surface area contributed by atoms with Crippen molar-refractivity contribution in [1.82, 2.24) is 9.55 Å². The number of ether oxygens (including phenoxy) is 3. The molecule has 0 bridgehead atoms. The molecular formula is C40H73N3Na2O14P2. The van der Waals surface area contributed by atoms with E-state index in [9.17, 15) is 38.7 Å². The predicted octanol–water partition coefficient (Wildman–Crippen LogP) is 0.770. The number of hydrogen-bond donors (Lipinski definition) is 3. The van der Waals surface area contributed by atoms with Crippen LogP contribution >= 0.6 is 15.6 Å². The average molecular weight is 928 g/mol. The van der Waals surface area contributed by atoms with E-state index in [1.165, 1.54) is 96.0 Å². The molecule has 1 fully saturated rings. The Labute approximate surface area is 408 Å². The van der Waals surface area contributed by atoms with Crippen LogP contribution in [0.2, 0.25) is 0 Å². The molecule has 4 unspecified atom stereocenters. The van der Waals surface area contributed by atoms with E-state index in [2.05, 4.69) is 27.7 Å². The third-order valence-electron chi connectivity index (χ3n) is 10.2. The molecule has 17 nitrogen and oxygen atoms in total. The maximum atomic E-state index is 12.7. The summed E-state index contributed by atoms with van der Waals surface area (Å²) in [6.07, 6.45) is 20.0. The molecule has 1 aromatic rings. The minimum Gasteiger partial charge on any atom is -0.756 e. The molecule has 1 aromatic heterocycles. The third-order valence-corrected chi connectivity index (χ3v) is 12.7. The SMILES string of the molecule is CCCCCCCCCCCCCCOCC(COP(=O)([O-])OP(=O)([O-])OC[C@H]1OC(n2ccc(N)nc2=O)[C@@H](O)[C@@H]1O)OC(=O)CCCCCCCCCCCCC.[Na+].[Na+]. The minimum atomic E-state index is -5.66. The van der Waals surface area contributed by atoms with Crippen LogP contribution in [-0.2, 0) is 41.5 Å². The Morgan fingerprint density at radius 2 is 1.25 bits per heavy atom. The molecule has 0 spiro atoms. The number of nitrogen functional groups attached to an aromatic ring is 1. The summed E-state index contributed by atoms with van der Waals surface area (Å²) >= 11 is 0. The molecule has 0 aliphatic carbocycles. The second-order valence-corrected chi connectivity index (χ2v) is 18.5. The Kier molecular flexibility index (Phi) is 36.5. The minimum absolute atomic E-state index is 0. The maximum Gasteiger partial charge on any atom is 1.00 e. The van der Waals surface area contributed by atoms with Crippen molar-refractivity contribution < 1.29 is 121 Å². The molecule has 61 heavy (non-hydrogen) atoms. The van der Waals surface area contributed by atoms with Crippen LogP contribution in [0, 0.1) is 0 Å². The third kappa shape index (κ3) is 28.8. The zero-order valence-corrected chi connectivity index (χ0v) is 43.3. The van der Waals surface area contributed by atoms with Gasteiger partial charge >= 0.3 is 70.8 Å². The molecule has 0 aromatic carbocycles. The first-order valence-corrected chi connectivity index (χ1v) is 25.0. The summed E-state index contributed by atoms with van der Waals surface area (Å²) in [6, 6.07) is 1.25. The number of hydrogen-bond acceptors (Lipinski definition) is 16. The number of phosphoric ester groups is 2. The molecule has 21 heteroatoms. The van der Waals surface area contributed by atoms with Crippen LogP contribution in [0.25, 0.3) is 0 Å². The maximum absolute atomic E-state index is 12.7. The fourth-order valence-corrected chi connectivity index (χ4v) is 8.81. The summed E-state index contributed by atoms with van der Waals surface area (Å²) in [4.78, 5) is 53.5. The van der Waals surface area contributed by atoms with Gasteiger partial charge in [-0.2, -0.15) is 4.98 Å².